The zero-order chi connectivity index (χ0) is 15.4. The Hall–Kier alpha value is -2.18. The van der Waals surface area contributed by atoms with Gasteiger partial charge in [-0.3, -0.25) is 0 Å². The molecule has 2 aliphatic heterocycles. The van der Waals surface area contributed by atoms with E-state index in [0.717, 1.165) is 16.7 Å². The van der Waals surface area contributed by atoms with Gasteiger partial charge in [0.25, 0.3) is 5.88 Å². The van der Waals surface area contributed by atoms with E-state index in [1.54, 1.807) is 12.3 Å². The van der Waals surface area contributed by atoms with Crippen LogP contribution >= 0.6 is 11.6 Å². The second kappa shape index (κ2) is 4.66. The van der Waals surface area contributed by atoms with Crippen molar-refractivity contribution in [3.8, 4) is 28.9 Å². The van der Waals surface area contributed by atoms with Crippen molar-refractivity contribution in [2.45, 2.75) is 12.5 Å². The molecule has 2 aromatic rings. The van der Waals surface area contributed by atoms with Crippen LogP contribution in [0.2, 0.25) is 5.02 Å². The van der Waals surface area contributed by atoms with Crippen molar-refractivity contribution in [2.75, 3.05) is 13.7 Å². The largest absolute Gasteiger partial charge is 0.503 e. The van der Waals surface area contributed by atoms with Crippen molar-refractivity contribution in [2.24, 2.45) is 0 Å². The molecule has 2 aliphatic rings. The van der Waals surface area contributed by atoms with Crippen LogP contribution in [0.15, 0.2) is 12.3 Å². The number of pyridine rings is 1. The normalized spacial score (nSPS) is 18.2. The van der Waals surface area contributed by atoms with Crippen LogP contribution in [0, 0.1) is 0 Å². The van der Waals surface area contributed by atoms with E-state index >= 15 is 0 Å². The molecule has 6 nitrogen and oxygen atoms in total. The van der Waals surface area contributed by atoms with Crippen LogP contribution in [0.25, 0.3) is 0 Å². The van der Waals surface area contributed by atoms with Crippen LogP contribution in [0.5, 0.6) is 28.9 Å². The predicted molar refractivity (Wildman–Crippen MR) is 79.2 cm³/mol. The number of halogens is 1. The van der Waals surface area contributed by atoms with Gasteiger partial charge in [-0.15, -0.1) is 0 Å². The van der Waals surface area contributed by atoms with Crippen LogP contribution < -0.4 is 14.8 Å². The van der Waals surface area contributed by atoms with Crippen molar-refractivity contribution < 1.29 is 19.7 Å². The number of rotatable bonds is 1. The summed E-state index contributed by atoms with van der Waals surface area (Å²) in [5.41, 5.74) is 2.73. The molecule has 3 N–H and O–H groups in total. The lowest BCUT2D eigenvalue weighted by Gasteiger charge is -2.34. The summed E-state index contributed by atoms with van der Waals surface area (Å²) in [6, 6.07) is 1.63. The van der Waals surface area contributed by atoms with Crippen molar-refractivity contribution in [1.29, 1.82) is 0 Å². The van der Waals surface area contributed by atoms with Gasteiger partial charge in [0.2, 0.25) is 5.75 Å². The third-order valence-electron chi connectivity index (χ3n) is 4.12. The Morgan fingerprint density at radius 1 is 1.36 bits per heavy atom. The van der Waals surface area contributed by atoms with Crippen LogP contribution in [0.1, 0.15) is 22.6 Å². The summed E-state index contributed by atoms with van der Waals surface area (Å²) in [7, 11) is 1.51. The molecule has 7 heteroatoms. The minimum Gasteiger partial charge on any atom is -0.503 e. The van der Waals surface area contributed by atoms with Crippen molar-refractivity contribution in [1.82, 2.24) is 10.3 Å². The summed E-state index contributed by atoms with van der Waals surface area (Å²) in [6.07, 6.45) is 1.76. The number of aromatic nitrogens is 1. The fraction of sp³-hybridized carbons (Fsp3) is 0.267. The van der Waals surface area contributed by atoms with E-state index in [1.807, 2.05) is 0 Å². The topological polar surface area (TPSA) is 83.8 Å². The first-order valence-electron chi connectivity index (χ1n) is 6.80. The smallest absolute Gasteiger partial charge is 0.257 e. The van der Waals surface area contributed by atoms with E-state index in [1.165, 1.54) is 7.11 Å². The van der Waals surface area contributed by atoms with Crippen LogP contribution in [-0.4, -0.2) is 28.9 Å². The molecule has 0 saturated heterocycles. The van der Waals surface area contributed by atoms with Gasteiger partial charge in [-0.25, -0.2) is 4.98 Å². The Morgan fingerprint density at radius 3 is 2.95 bits per heavy atom. The summed E-state index contributed by atoms with van der Waals surface area (Å²) >= 11 is 5.99. The standard InChI is InChI=1S/C15H13ClN2O4/c1-21-15-14-10-6(4-18-15)3-17-5-8(10)7-2-9(16)11(19)12(20)13(7)22-14/h2,4,8,17,19-20H,3,5H2,1H3. The van der Waals surface area contributed by atoms with E-state index < -0.39 is 5.75 Å². The molecule has 1 aromatic carbocycles. The zero-order valence-electron chi connectivity index (χ0n) is 11.7. The quantitative estimate of drug-likeness (QED) is 0.700. The maximum atomic E-state index is 10.2. The molecule has 3 heterocycles. The SMILES string of the molecule is COc1ncc2c3c1Oc1c(cc(Cl)c(O)c1O)C3CNC2. The Bertz CT molecular complexity index is 794. The van der Waals surface area contributed by atoms with Crippen molar-refractivity contribution >= 4 is 11.6 Å². The number of phenols is 2. The van der Waals surface area contributed by atoms with Gasteiger partial charge in [0.15, 0.2) is 17.2 Å². The number of aromatic hydroxyl groups is 2. The Kier molecular flexibility index (Phi) is 2.85. The zero-order valence-corrected chi connectivity index (χ0v) is 12.4. The third-order valence-corrected chi connectivity index (χ3v) is 4.41. The first-order chi connectivity index (χ1) is 10.6. The second-order valence-electron chi connectivity index (χ2n) is 5.30. The van der Waals surface area contributed by atoms with Gasteiger partial charge in [0, 0.05) is 36.3 Å². The molecule has 0 amide bonds. The minimum absolute atomic E-state index is 0.0524. The number of hydrogen-bond donors (Lipinski definition) is 3. The third kappa shape index (κ3) is 1.68. The molecular weight excluding hydrogens is 308 g/mol. The van der Waals surface area contributed by atoms with Gasteiger partial charge in [0.1, 0.15) is 0 Å². The van der Waals surface area contributed by atoms with Gasteiger partial charge < -0.3 is 25.0 Å². The first kappa shape index (κ1) is 13.5. The molecule has 0 spiro atoms. The highest BCUT2D eigenvalue weighted by atomic mass is 35.5. The molecular formula is C15H13ClN2O4. The van der Waals surface area contributed by atoms with Crippen molar-refractivity contribution in [3.05, 3.63) is 34.0 Å². The highest BCUT2D eigenvalue weighted by molar-refractivity contribution is 6.32. The minimum atomic E-state index is -0.393. The average Bonchev–Trinajstić information content (AvgIpc) is 2.54. The van der Waals surface area contributed by atoms with Gasteiger partial charge in [-0.2, -0.15) is 0 Å². The predicted octanol–water partition coefficient (Wildman–Crippen LogP) is 2.50. The number of nitrogens with zero attached hydrogens (tertiary/aromatic N) is 1. The summed E-state index contributed by atoms with van der Waals surface area (Å²) in [6.45, 7) is 1.36. The lowest BCUT2D eigenvalue weighted by atomic mass is 9.83. The molecule has 22 heavy (non-hydrogen) atoms. The Balaban J connectivity index is 2.01. The molecule has 1 unspecified atom stereocenters. The maximum absolute atomic E-state index is 10.2. The fourth-order valence-corrected chi connectivity index (χ4v) is 3.31. The van der Waals surface area contributed by atoms with E-state index in [9.17, 15) is 10.2 Å². The molecule has 0 fully saturated rings. The number of ether oxygens (including phenoxy) is 2. The number of fused-ring (bicyclic) bond motifs is 2. The van der Waals surface area contributed by atoms with E-state index in [0.29, 0.717) is 24.7 Å². The summed E-state index contributed by atoms with van der Waals surface area (Å²) in [4.78, 5) is 4.23. The van der Waals surface area contributed by atoms with Crippen LogP contribution in [0.3, 0.4) is 0 Å². The lowest BCUT2D eigenvalue weighted by Crippen LogP contribution is -2.31. The van der Waals surface area contributed by atoms with Crippen LogP contribution in [-0.2, 0) is 6.54 Å². The molecule has 4 rings (SSSR count). The highest BCUT2D eigenvalue weighted by Gasteiger charge is 2.37. The Morgan fingerprint density at radius 2 is 2.18 bits per heavy atom. The van der Waals surface area contributed by atoms with Crippen LogP contribution in [0.4, 0.5) is 0 Å². The summed E-state index contributed by atoms with van der Waals surface area (Å²) in [5.74, 6) is 0.215. The molecule has 0 aliphatic carbocycles. The molecule has 0 saturated carbocycles. The van der Waals surface area contributed by atoms with E-state index in [2.05, 4.69) is 10.3 Å². The van der Waals surface area contributed by atoms with E-state index in [4.69, 9.17) is 21.1 Å². The van der Waals surface area contributed by atoms with Gasteiger partial charge >= 0.3 is 0 Å². The average molecular weight is 321 g/mol. The summed E-state index contributed by atoms with van der Waals surface area (Å²) in [5, 5.41) is 23.4. The molecule has 1 atom stereocenters. The lowest BCUT2D eigenvalue weighted by molar-refractivity contribution is 0.328. The van der Waals surface area contributed by atoms with E-state index in [-0.39, 0.29) is 22.4 Å². The van der Waals surface area contributed by atoms with Crippen molar-refractivity contribution in [3.63, 3.8) is 0 Å². The highest BCUT2D eigenvalue weighted by Crippen LogP contribution is 2.55. The fourth-order valence-electron chi connectivity index (χ4n) is 3.11. The van der Waals surface area contributed by atoms with Gasteiger partial charge in [-0.05, 0) is 11.6 Å². The number of benzene rings is 1. The van der Waals surface area contributed by atoms with Gasteiger partial charge in [-0.1, -0.05) is 11.6 Å². The number of hydrogen-bond acceptors (Lipinski definition) is 6. The molecule has 0 radical (unpaired) electrons. The first-order valence-corrected chi connectivity index (χ1v) is 7.18. The molecule has 0 bridgehead atoms. The molecule has 1 aromatic heterocycles. The molecule has 114 valence electrons. The maximum Gasteiger partial charge on any atom is 0.257 e. The number of phenolic OH excluding ortho intramolecular Hbond substituents is 2. The Labute approximate surface area is 131 Å². The van der Waals surface area contributed by atoms with Gasteiger partial charge in [0.05, 0.1) is 12.1 Å². The number of methoxy groups -OCH3 is 1. The summed E-state index contributed by atoms with van der Waals surface area (Å²) < 4.78 is 11.1. The second-order valence-corrected chi connectivity index (χ2v) is 5.70. The number of nitrogens with one attached hydrogen (secondary N) is 1. The monoisotopic (exact) mass is 320 g/mol.